The second-order valence-corrected chi connectivity index (χ2v) is 10.6. The van der Waals surface area contributed by atoms with E-state index in [1.54, 1.807) is 0 Å². The number of benzene rings is 1. The third-order valence-corrected chi connectivity index (χ3v) is 7.74. The molecular weight excluding hydrogens is 410 g/mol. The highest BCUT2D eigenvalue weighted by Gasteiger charge is 2.53. The Balaban J connectivity index is 1.79. The molecule has 0 spiro atoms. The van der Waals surface area contributed by atoms with Gasteiger partial charge in [-0.3, -0.25) is 9.48 Å². The number of fused-ring (bicyclic) bond motifs is 1. The van der Waals surface area contributed by atoms with Gasteiger partial charge in [-0.1, -0.05) is 39.0 Å². The molecule has 1 aromatic carbocycles. The minimum atomic E-state index is -0.535. The summed E-state index contributed by atoms with van der Waals surface area (Å²) in [5.74, 6) is 0.236. The molecule has 0 bridgehead atoms. The molecule has 1 N–H and O–H groups in total. The first-order chi connectivity index (χ1) is 15.6. The number of carbonyl (C=O) groups excluding carboxylic acids is 1. The van der Waals surface area contributed by atoms with Crippen LogP contribution in [0.5, 0.6) is 0 Å². The van der Waals surface area contributed by atoms with E-state index >= 15 is 0 Å². The molecule has 172 valence electrons. The van der Waals surface area contributed by atoms with E-state index in [1.165, 1.54) is 0 Å². The monoisotopic (exact) mass is 443 g/mol. The molecule has 0 saturated heterocycles. The fraction of sp³-hybridized carbons (Fsp3) is 0.481. The summed E-state index contributed by atoms with van der Waals surface area (Å²) in [6.07, 6.45) is 1.97. The number of aromatic nitrogens is 2. The van der Waals surface area contributed by atoms with E-state index < -0.39 is 5.41 Å². The lowest BCUT2D eigenvalue weighted by molar-refractivity contribution is -0.119. The van der Waals surface area contributed by atoms with Gasteiger partial charge in [-0.15, -0.1) is 0 Å². The number of carbonyl (C=O) groups is 1. The van der Waals surface area contributed by atoms with E-state index in [2.05, 4.69) is 79.5 Å². The van der Waals surface area contributed by atoms with E-state index in [1.807, 2.05) is 18.7 Å². The molecule has 2 unspecified atom stereocenters. The minimum absolute atomic E-state index is 0.0693. The van der Waals surface area contributed by atoms with E-state index in [0.29, 0.717) is 6.42 Å². The van der Waals surface area contributed by atoms with Crippen molar-refractivity contribution < 1.29 is 4.79 Å². The van der Waals surface area contributed by atoms with Gasteiger partial charge < -0.3 is 5.32 Å². The van der Waals surface area contributed by atoms with E-state index in [-0.39, 0.29) is 17.4 Å². The van der Waals surface area contributed by atoms with Gasteiger partial charge >= 0.3 is 0 Å². The Morgan fingerprint density at radius 3 is 2.61 bits per heavy atom. The van der Waals surface area contributed by atoms with Gasteiger partial charge in [0.1, 0.15) is 0 Å². The number of rotatable bonds is 3. The summed E-state index contributed by atoms with van der Waals surface area (Å²) in [6, 6.07) is 8.70. The Bertz CT molecular complexity index is 1280. The average Bonchev–Trinajstić information content (AvgIpc) is 3.24. The second kappa shape index (κ2) is 7.24. The highest BCUT2D eigenvalue weighted by Crippen LogP contribution is 2.55. The molecule has 2 atom stereocenters. The van der Waals surface area contributed by atoms with Crippen LogP contribution in [0.25, 0.3) is 11.1 Å². The van der Waals surface area contributed by atoms with E-state index in [9.17, 15) is 4.79 Å². The van der Waals surface area contributed by atoms with Gasteiger partial charge in [0.05, 0.1) is 16.8 Å². The zero-order valence-corrected chi connectivity index (χ0v) is 20.7. The Morgan fingerprint density at radius 1 is 1.18 bits per heavy atom. The number of Topliss-reactive ketones (excluding diaryl/α,β-unsaturated/α-hetero) is 1. The van der Waals surface area contributed by atoms with Gasteiger partial charge in [0.25, 0.3) is 0 Å². The Labute approximate surface area is 195 Å². The Hall–Kier alpha value is -3.02. The summed E-state index contributed by atoms with van der Waals surface area (Å²) in [6.45, 7) is 12.7. The number of nitrogens with zero attached hydrogens (tertiary/aromatic N) is 4. The van der Waals surface area contributed by atoms with Crippen molar-refractivity contribution in [2.75, 3.05) is 0 Å². The van der Waals surface area contributed by atoms with E-state index in [4.69, 9.17) is 0 Å². The Kier molecular flexibility index (Phi) is 4.78. The van der Waals surface area contributed by atoms with Crippen LogP contribution in [0.1, 0.15) is 63.9 Å². The molecule has 3 aliphatic rings. The molecule has 0 radical (unpaired) electrons. The number of nitrogens with one attached hydrogen (secondary N) is 1. The van der Waals surface area contributed by atoms with Crippen LogP contribution >= 0.6 is 0 Å². The zero-order chi connectivity index (χ0) is 23.7. The highest BCUT2D eigenvalue weighted by atomic mass is 16.1. The van der Waals surface area contributed by atoms with Crippen molar-refractivity contribution in [3.63, 3.8) is 0 Å². The van der Waals surface area contributed by atoms with Crippen molar-refractivity contribution in [3.05, 3.63) is 63.8 Å². The lowest BCUT2D eigenvalue weighted by atomic mass is 9.58. The number of hydrogen-bond donors (Lipinski definition) is 1. The van der Waals surface area contributed by atoms with Gasteiger partial charge in [-0.2, -0.15) is 15.3 Å². The number of hydrogen-bond acceptors (Lipinski definition) is 5. The number of allylic oxidation sites excluding steroid dienone is 3. The fourth-order valence-electron chi connectivity index (χ4n) is 6.34. The number of azo groups is 1. The molecule has 3 heterocycles. The zero-order valence-electron chi connectivity index (χ0n) is 20.7. The van der Waals surface area contributed by atoms with Crippen LogP contribution in [0.3, 0.4) is 0 Å². The fourth-order valence-corrected chi connectivity index (χ4v) is 6.34. The van der Waals surface area contributed by atoms with Crippen molar-refractivity contribution in [2.45, 2.75) is 72.4 Å². The van der Waals surface area contributed by atoms with Crippen LogP contribution in [0.4, 0.5) is 0 Å². The number of ketones is 1. The van der Waals surface area contributed by atoms with Crippen LogP contribution in [0.15, 0.2) is 57.0 Å². The number of aryl methyl sites for hydroxylation is 2. The van der Waals surface area contributed by atoms with Crippen molar-refractivity contribution in [2.24, 2.45) is 22.7 Å². The molecule has 2 aliphatic heterocycles. The molecule has 0 amide bonds. The third kappa shape index (κ3) is 3.06. The third-order valence-electron chi connectivity index (χ3n) is 7.74. The van der Waals surface area contributed by atoms with Gasteiger partial charge in [0, 0.05) is 41.6 Å². The predicted molar refractivity (Wildman–Crippen MR) is 130 cm³/mol. The quantitative estimate of drug-likeness (QED) is 0.665. The second-order valence-electron chi connectivity index (χ2n) is 10.6. The average molecular weight is 444 g/mol. The largest absolute Gasteiger partial charge is 0.362 e. The normalized spacial score (nSPS) is 25.9. The minimum Gasteiger partial charge on any atom is -0.362 e. The van der Waals surface area contributed by atoms with Gasteiger partial charge in [0.15, 0.2) is 11.9 Å². The summed E-state index contributed by atoms with van der Waals surface area (Å²) in [4.78, 5) is 13.8. The van der Waals surface area contributed by atoms with Gasteiger partial charge in [-0.25, -0.2) is 0 Å². The summed E-state index contributed by atoms with van der Waals surface area (Å²) in [7, 11) is 1.98. The van der Waals surface area contributed by atoms with Gasteiger partial charge in [-0.05, 0) is 56.2 Å². The van der Waals surface area contributed by atoms with Crippen LogP contribution in [0, 0.1) is 19.3 Å². The van der Waals surface area contributed by atoms with Crippen molar-refractivity contribution in [1.82, 2.24) is 15.1 Å². The predicted octanol–water partition coefficient (Wildman–Crippen LogP) is 5.66. The maximum Gasteiger partial charge on any atom is 0.165 e. The smallest absolute Gasteiger partial charge is 0.165 e. The molecule has 1 aliphatic carbocycles. The molecule has 6 nitrogen and oxygen atoms in total. The van der Waals surface area contributed by atoms with Crippen molar-refractivity contribution in [3.8, 4) is 11.1 Å². The SMILES string of the molecule is CCC1(c2cccc(-c3c(C)nn(C)c3C)c2)C2=C(CC(C)(C)CC2=O)NC2N=NC(C)=C21. The first-order valence-corrected chi connectivity index (χ1v) is 11.9. The van der Waals surface area contributed by atoms with Crippen LogP contribution in [-0.2, 0) is 17.3 Å². The van der Waals surface area contributed by atoms with Crippen LogP contribution in [-0.4, -0.2) is 21.7 Å². The highest BCUT2D eigenvalue weighted by molar-refractivity contribution is 6.01. The molecule has 33 heavy (non-hydrogen) atoms. The maximum absolute atomic E-state index is 13.8. The first kappa shape index (κ1) is 21.8. The lowest BCUT2D eigenvalue weighted by Crippen LogP contribution is -2.51. The molecule has 1 aromatic heterocycles. The summed E-state index contributed by atoms with van der Waals surface area (Å²) in [5.41, 5.74) is 8.96. The van der Waals surface area contributed by atoms with Crippen LogP contribution in [0.2, 0.25) is 0 Å². The van der Waals surface area contributed by atoms with Crippen molar-refractivity contribution >= 4 is 5.78 Å². The summed E-state index contributed by atoms with van der Waals surface area (Å²) < 4.78 is 1.93. The summed E-state index contributed by atoms with van der Waals surface area (Å²) >= 11 is 0. The standard InChI is InChI=1S/C27H33N5O/c1-8-27(19-11-9-10-18(12-19)22-15(2)31-32(7)17(22)4)23-16(3)29-30-25(23)28-20-13-26(5,6)14-21(33)24(20)27/h9-12,25,28H,8,13-14H2,1-7H3. The molecule has 0 saturated carbocycles. The summed E-state index contributed by atoms with van der Waals surface area (Å²) in [5, 5.41) is 17.3. The molecular formula is C27H33N5O. The van der Waals surface area contributed by atoms with E-state index in [0.717, 1.165) is 63.5 Å². The molecule has 2 aromatic rings. The topological polar surface area (TPSA) is 71.6 Å². The first-order valence-electron chi connectivity index (χ1n) is 11.9. The Morgan fingerprint density at radius 2 is 1.94 bits per heavy atom. The molecule has 0 fully saturated rings. The molecule has 5 rings (SSSR count). The molecule has 6 heteroatoms. The maximum atomic E-state index is 13.8. The lowest BCUT2D eigenvalue weighted by Gasteiger charge is -2.48. The van der Waals surface area contributed by atoms with Crippen molar-refractivity contribution in [1.29, 1.82) is 0 Å². The van der Waals surface area contributed by atoms with Crippen LogP contribution < -0.4 is 5.32 Å². The van der Waals surface area contributed by atoms with Gasteiger partial charge in [0.2, 0.25) is 0 Å².